The molecule has 0 aliphatic carbocycles. The van der Waals surface area contributed by atoms with Gasteiger partial charge in [-0.1, -0.05) is 11.8 Å². The Balaban J connectivity index is 1.42. The highest BCUT2D eigenvalue weighted by Crippen LogP contribution is 2.17. The maximum absolute atomic E-state index is 12.4. The lowest BCUT2D eigenvalue weighted by Crippen LogP contribution is -2.51. The van der Waals surface area contributed by atoms with Gasteiger partial charge in [0.05, 0.1) is 18.6 Å². The van der Waals surface area contributed by atoms with Crippen molar-refractivity contribution in [2.24, 2.45) is 0 Å². The Kier molecular flexibility index (Phi) is 7.06. The van der Waals surface area contributed by atoms with Gasteiger partial charge in [0.2, 0.25) is 5.91 Å². The van der Waals surface area contributed by atoms with E-state index in [1.54, 1.807) is 41.0 Å². The Morgan fingerprint density at radius 3 is 2.52 bits per heavy atom. The predicted octanol–water partition coefficient (Wildman–Crippen LogP) is 1.71. The number of piperazine rings is 1. The highest BCUT2D eigenvalue weighted by Gasteiger charge is 2.24. The molecule has 1 saturated heterocycles. The third-order valence-corrected chi connectivity index (χ3v) is 5.03. The summed E-state index contributed by atoms with van der Waals surface area (Å²) in [5, 5.41) is 11.1. The van der Waals surface area contributed by atoms with Crippen LogP contribution in [0.25, 0.3) is 0 Å². The van der Waals surface area contributed by atoms with E-state index in [-0.39, 0.29) is 29.3 Å². The first-order chi connectivity index (χ1) is 14.1. The van der Waals surface area contributed by atoms with Crippen LogP contribution in [0.4, 0.5) is 10.6 Å². The summed E-state index contributed by atoms with van der Waals surface area (Å²) in [5.41, 5.74) is 0. The van der Waals surface area contributed by atoms with Crippen molar-refractivity contribution in [1.82, 2.24) is 20.0 Å². The Morgan fingerprint density at radius 2 is 1.90 bits per heavy atom. The van der Waals surface area contributed by atoms with Crippen LogP contribution in [0.15, 0.2) is 40.0 Å². The third-order valence-electron chi connectivity index (χ3n) is 4.13. The summed E-state index contributed by atoms with van der Waals surface area (Å²) in [5.74, 6) is 0.236. The number of hydrogen-bond acceptors (Lipinski definition) is 8. The lowest BCUT2D eigenvalue weighted by atomic mass is 10.3. The molecule has 3 amide bonds. The molecule has 0 bridgehead atoms. The van der Waals surface area contributed by atoms with Crippen LogP contribution >= 0.6 is 11.8 Å². The summed E-state index contributed by atoms with van der Waals surface area (Å²) in [6, 6.07) is 6.46. The summed E-state index contributed by atoms with van der Waals surface area (Å²) in [4.78, 5) is 39.3. The molecule has 0 atom stereocenters. The molecule has 0 aromatic carbocycles. The number of aromatic nitrogens is 2. The molecule has 0 spiro atoms. The number of nitrogens with one attached hydrogen (secondary N) is 1. The first kappa shape index (κ1) is 20.6. The highest BCUT2D eigenvalue weighted by atomic mass is 32.2. The van der Waals surface area contributed by atoms with Crippen molar-refractivity contribution in [3.8, 4) is 0 Å². The van der Waals surface area contributed by atoms with Gasteiger partial charge in [0.25, 0.3) is 5.91 Å². The van der Waals surface area contributed by atoms with Gasteiger partial charge in [-0.15, -0.1) is 10.2 Å². The van der Waals surface area contributed by atoms with E-state index in [0.717, 1.165) is 0 Å². The van der Waals surface area contributed by atoms with Crippen molar-refractivity contribution in [1.29, 1.82) is 0 Å². The topological polar surface area (TPSA) is 118 Å². The lowest BCUT2D eigenvalue weighted by molar-refractivity contribution is -0.129. The molecule has 1 N–H and O–H groups in total. The normalized spacial score (nSPS) is 13.8. The van der Waals surface area contributed by atoms with Crippen LogP contribution in [0, 0.1) is 0 Å². The zero-order valence-electron chi connectivity index (χ0n) is 15.9. The van der Waals surface area contributed by atoms with E-state index in [2.05, 4.69) is 15.5 Å². The van der Waals surface area contributed by atoms with Crippen LogP contribution in [0.3, 0.4) is 0 Å². The van der Waals surface area contributed by atoms with Crippen molar-refractivity contribution in [2.45, 2.75) is 11.9 Å². The SMILES string of the molecule is CCOC(=O)N1CCN(C(=O)CSc2ccc(NC(=O)c3ccco3)nn2)CC1. The Bertz CT molecular complexity index is 835. The van der Waals surface area contributed by atoms with Crippen molar-refractivity contribution < 1.29 is 23.5 Å². The molecule has 154 valence electrons. The number of carbonyl (C=O) groups excluding carboxylic acids is 3. The van der Waals surface area contributed by atoms with Crippen LogP contribution < -0.4 is 5.32 Å². The molecule has 29 heavy (non-hydrogen) atoms. The molecule has 1 fully saturated rings. The Labute approximate surface area is 171 Å². The first-order valence-electron chi connectivity index (χ1n) is 9.07. The standard InChI is InChI=1S/C18H21N5O5S/c1-2-27-18(26)23-9-7-22(8-10-23)16(24)12-29-15-6-5-14(20-21-15)19-17(25)13-4-3-11-28-13/h3-6,11H,2,7-10,12H2,1H3,(H,19,20,25). The molecule has 3 heterocycles. The molecular weight excluding hydrogens is 398 g/mol. The van der Waals surface area contributed by atoms with Crippen molar-refractivity contribution in [3.63, 3.8) is 0 Å². The van der Waals surface area contributed by atoms with Crippen molar-refractivity contribution in [2.75, 3.05) is 43.9 Å². The van der Waals surface area contributed by atoms with Gasteiger partial charge in [0, 0.05) is 26.2 Å². The number of carbonyl (C=O) groups is 3. The number of furan rings is 1. The molecular formula is C18H21N5O5S. The Hall–Kier alpha value is -3.08. The largest absolute Gasteiger partial charge is 0.459 e. The second kappa shape index (κ2) is 9.92. The second-order valence-electron chi connectivity index (χ2n) is 6.04. The Morgan fingerprint density at radius 1 is 1.14 bits per heavy atom. The van der Waals surface area contributed by atoms with Gasteiger partial charge in [-0.2, -0.15) is 0 Å². The maximum atomic E-state index is 12.4. The third kappa shape index (κ3) is 5.70. The fourth-order valence-corrected chi connectivity index (χ4v) is 3.35. The van der Waals surface area contributed by atoms with Crippen LogP contribution in [0.5, 0.6) is 0 Å². The minimum atomic E-state index is -0.415. The zero-order valence-corrected chi connectivity index (χ0v) is 16.7. The van der Waals surface area contributed by atoms with Crippen LogP contribution in [-0.4, -0.2) is 76.4 Å². The number of thioether (sulfide) groups is 1. The van der Waals surface area contributed by atoms with Gasteiger partial charge >= 0.3 is 6.09 Å². The van der Waals surface area contributed by atoms with E-state index in [4.69, 9.17) is 9.15 Å². The molecule has 0 unspecified atom stereocenters. The second-order valence-corrected chi connectivity index (χ2v) is 7.04. The predicted molar refractivity (Wildman–Crippen MR) is 105 cm³/mol. The molecule has 0 saturated carbocycles. The molecule has 1 aliphatic rings. The van der Waals surface area contributed by atoms with E-state index < -0.39 is 5.91 Å². The monoisotopic (exact) mass is 419 g/mol. The molecule has 0 radical (unpaired) electrons. The van der Waals surface area contributed by atoms with Gasteiger partial charge in [0.15, 0.2) is 11.6 Å². The van der Waals surface area contributed by atoms with E-state index in [0.29, 0.717) is 37.8 Å². The first-order valence-corrected chi connectivity index (χ1v) is 10.1. The van der Waals surface area contributed by atoms with Crippen molar-refractivity contribution in [3.05, 3.63) is 36.3 Å². The van der Waals surface area contributed by atoms with E-state index >= 15 is 0 Å². The number of ether oxygens (including phenoxy) is 1. The van der Waals surface area contributed by atoms with Gasteiger partial charge in [-0.3, -0.25) is 9.59 Å². The fraction of sp³-hybridized carbons (Fsp3) is 0.389. The fourth-order valence-electron chi connectivity index (χ4n) is 2.63. The van der Waals surface area contributed by atoms with Gasteiger partial charge in [0.1, 0.15) is 5.03 Å². The zero-order chi connectivity index (χ0) is 20.6. The number of nitrogens with zero attached hydrogens (tertiary/aromatic N) is 4. The summed E-state index contributed by atoms with van der Waals surface area (Å²) < 4.78 is 9.98. The molecule has 1 aliphatic heterocycles. The minimum absolute atomic E-state index is 0.0319. The van der Waals surface area contributed by atoms with E-state index in [9.17, 15) is 14.4 Å². The molecule has 3 rings (SSSR count). The van der Waals surface area contributed by atoms with Crippen LogP contribution in [0.2, 0.25) is 0 Å². The number of hydrogen-bond donors (Lipinski definition) is 1. The lowest BCUT2D eigenvalue weighted by Gasteiger charge is -2.34. The van der Waals surface area contributed by atoms with Gasteiger partial charge in [-0.05, 0) is 31.2 Å². The smallest absolute Gasteiger partial charge is 0.409 e. The van der Waals surface area contributed by atoms with E-state index in [1.807, 2.05) is 0 Å². The van der Waals surface area contributed by atoms with Crippen LogP contribution in [-0.2, 0) is 9.53 Å². The molecule has 2 aromatic rings. The average Bonchev–Trinajstić information content (AvgIpc) is 3.28. The van der Waals surface area contributed by atoms with Gasteiger partial charge in [-0.25, -0.2) is 4.79 Å². The maximum Gasteiger partial charge on any atom is 0.409 e. The summed E-state index contributed by atoms with van der Waals surface area (Å²) in [6.45, 7) is 3.96. The van der Waals surface area contributed by atoms with E-state index in [1.165, 1.54) is 18.0 Å². The molecule has 11 heteroatoms. The number of amides is 3. The summed E-state index contributed by atoms with van der Waals surface area (Å²) >= 11 is 1.26. The molecule has 10 nitrogen and oxygen atoms in total. The summed E-state index contributed by atoms with van der Waals surface area (Å²) in [7, 11) is 0. The van der Waals surface area contributed by atoms with Crippen molar-refractivity contribution >= 4 is 35.5 Å². The number of anilines is 1. The van der Waals surface area contributed by atoms with Crippen LogP contribution in [0.1, 0.15) is 17.5 Å². The number of rotatable bonds is 6. The highest BCUT2D eigenvalue weighted by molar-refractivity contribution is 7.99. The van der Waals surface area contributed by atoms with Gasteiger partial charge < -0.3 is 24.3 Å². The minimum Gasteiger partial charge on any atom is -0.459 e. The molecule has 2 aromatic heterocycles. The quantitative estimate of drug-likeness (QED) is 0.703. The average molecular weight is 419 g/mol. The summed E-state index contributed by atoms with van der Waals surface area (Å²) in [6.07, 6.45) is 1.07.